The van der Waals surface area contributed by atoms with E-state index in [1.54, 1.807) is 36.4 Å². The van der Waals surface area contributed by atoms with Gasteiger partial charge in [0.15, 0.2) is 0 Å². The second-order valence-electron chi connectivity index (χ2n) is 10.3. The van der Waals surface area contributed by atoms with Gasteiger partial charge in [-0.3, -0.25) is 14.5 Å². The molecule has 1 aliphatic heterocycles. The molecule has 204 valence electrons. The first-order valence-electron chi connectivity index (χ1n) is 13.5. The Morgan fingerprint density at radius 2 is 1.12 bits per heavy atom. The average Bonchev–Trinajstić information content (AvgIpc) is 3.00. The summed E-state index contributed by atoms with van der Waals surface area (Å²) in [6, 6.07) is 33.0. The number of anilines is 3. The Morgan fingerprint density at radius 3 is 1.61 bits per heavy atom. The minimum atomic E-state index is -1.41. The van der Waals surface area contributed by atoms with Gasteiger partial charge in [-0.2, -0.15) is 0 Å². The van der Waals surface area contributed by atoms with Gasteiger partial charge >= 0.3 is 0 Å². The molecule has 0 unspecified atom stereocenters. The Labute approximate surface area is 238 Å². The molecule has 1 aliphatic rings. The molecule has 2 amide bonds. The number of aliphatic hydroxyl groups is 1. The number of carbonyl (C=O) groups is 2. The normalized spacial score (nSPS) is 13.0. The zero-order valence-corrected chi connectivity index (χ0v) is 22.4. The quantitative estimate of drug-likeness (QED) is 0.0903. The standard InChI is InChI=1S/C34H30N4O3/c35-26-14-8-23(9-15-26)34(41,24-10-16-27(36)17-11-24)25-12-18-28(19-13-25)37-20-3-21-38-32(39)29-6-1-4-22-5-2-7-30(31(22)29)33(38)40/h1-2,4-19,37,41H,3,20-21,35-36H2. The first kappa shape index (κ1) is 26.1. The van der Waals surface area contributed by atoms with Crippen LogP contribution in [0.15, 0.2) is 109 Å². The van der Waals surface area contributed by atoms with Crippen molar-refractivity contribution < 1.29 is 14.7 Å². The van der Waals surface area contributed by atoms with Crippen molar-refractivity contribution in [3.63, 3.8) is 0 Å². The van der Waals surface area contributed by atoms with Crippen LogP contribution in [0.2, 0.25) is 0 Å². The maximum Gasteiger partial charge on any atom is 0.261 e. The van der Waals surface area contributed by atoms with Crippen molar-refractivity contribution in [3.8, 4) is 0 Å². The fourth-order valence-corrected chi connectivity index (χ4v) is 5.53. The van der Waals surface area contributed by atoms with Crippen LogP contribution in [0.25, 0.3) is 10.8 Å². The van der Waals surface area contributed by atoms with Crippen LogP contribution in [-0.2, 0) is 5.60 Å². The van der Waals surface area contributed by atoms with Gasteiger partial charge in [-0.25, -0.2) is 0 Å². The molecule has 0 radical (unpaired) electrons. The van der Waals surface area contributed by atoms with Crippen LogP contribution >= 0.6 is 0 Å². The van der Waals surface area contributed by atoms with E-state index in [4.69, 9.17) is 11.5 Å². The van der Waals surface area contributed by atoms with Crippen LogP contribution in [0.4, 0.5) is 17.1 Å². The largest absolute Gasteiger partial charge is 0.399 e. The third kappa shape index (κ3) is 4.66. The highest BCUT2D eigenvalue weighted by Crippen LogP contribution is 2.38. The highest BCUT2D eigenvalue weighted by molar-refractivity contribution is 6.25. The summed E-state index contributed by atoms with van der Waals surface area (Å²) in [5.74, 6) is -0.512. The summed E-state index contributed by atoms with van der Waals surface area (Å²) in [5.41, 5.74) is 15.7. The van der Waals surface area contributed by atoms with E-state index in [0.29, 0.717) is 58.7 Å². The van der Waals surface area contributed by atoms with Crippen molar-refractivity contribution in [2.45, 2.75) is 12.0 Å². The Hall–Kier alpha value is -5.14. The van der Waals surface area contributed by atoms with E-state index in [0.717, 1.165) is 16.5 Å². The van der Waals surface area contributed by atoms with Gasteiger partial charge in [0.1, 0.15) is 5.60 Å². The summed E-state index contributed by atoms with van der Waals surface area (Å²) in [7, 11) is 0. The number of benzene rings is 5. The predicted molar refractivity (Wildman–Crippen MR) is 163 cm³/mol. The van der Waals surface area contributed by atoms with Gasteiger partial charge in [0.2, 0.25) is 0 Å². The lowest BCUT2D eigenvalue weighted by Crippen LogP contribution is -2.41. The van der Waals surface area contributed by atoms with E-state index < -0.39 is 5.60 Å². The summed E-state index contributed by atoms with van der Waals surface area (Å²) < 4.78 is 0. The molecule has 0 bridgehead atoms. The number of nitrogens with one attached hydrogen (secondary N) is 1. The molecule has 5 aromatic carbocycles. The monoisotopic (exact) mass is 542 g/mol. The van der Waals surface area contributed by atoms with Crippen molar-refractivity contribution in [2.24, 2.45) is 0 Å². The maximum absolute atomic E-state index is 13.1. The Morgan fingerprint density at radius 1 is 0.659 bits per heavy atom. The third-order valence-electron chi connectivity index (χ3n) is 7.70. The molecule has 0 saturated carbocycles. The lowest BCUT2D eigenvalue weighted by molar-refractivity contribution is 0.0610. The van der Waals surface area contributed by atoms with Crippen molar-refractivity contribution in [2.75, 3.05) is 29.9 Å². The van der Waals surface area contributed by atoms with E-state index >= 15 is 0 Å². The summed E-state index contributed by atoms with van der Waals surface area (Å²) >= 11 is 0. The molecule has 6 rings (SSSR count). The number of nitrogens with zero attached hydrogens (tertiary/aromatic N) is 1. The first-order valence-corrected chi connectivity index (χ1v) is 13.5. The number of hydrogen-bond donors (Lipinski definition) is 4. The minimum absolute atomic E-state index is 0.256. The van der Waals surface area contributed by atoms with Crippen LogP contribution in [-0.4, -0.2) is 34.9 Å². The van der Waals surface area contributed by atoms with E-state index in [1.807, 2.05) is 72.8 Å². The Balaban J connectivity index is 1.15. The molecule has 0 aliphatic carbocycles. The van der Waals surface area contributed by atoms with E-state index in [2.05, 4.69) is 5.32 Å². The zero-order valence-electron chi connectivity index (χ0n) is 22.4. The zero-order chi connectivity index (χ0) is 28.6. The second kappa shape index (κ2) is 10.4. The fraction of sp³-hybridized carbons (Fsp3) is 0.118. The average molecular weight is 543 g/mol. The molecule has 6 N–H and O–H groups in total. The molecule has 7 nitrogen and oxygen atoms in total. The highest BCUT2D eigenvalue weighted by Gasteiger charge is 2.34. The van der Waals surface area contributed by atoms with E-state index in [-0.39, 0.29) is 11.8 Å². The topological polar surface area (TPSA) is 122 Å². The molecule has 0 spiro atoms. The number of carbonyl (C=O) groups excluding carboxylic acids is 2. The van der Waals surface area contributed by atoms with E-state index in [9.17, 15) is 14.7 Å². The molecular weight excluding hydrogens is 512 g/mol. The maximum atomic E-state index is 13.1. The number of nitrogen functional groups attached to an aromatic ring is 2. The molecule has 0 fully saturated rings. The Kier molecular flexibility index (Phi) is 6.65. The molecule has 0 atom stereocenters. The van der Waals surface area contributed by atoms with E-state index in [1.165, 1.54) is 4.90 Å². The minimum Gasteiger partial charge on any atom is -0.399 e. The number of rotatable bonds is 8. The number of nitrogens with two attached hydrogens (primary N) is 2. The predicted octanol–water partition coefficient (Wildman–Crippen LogP) is 5.39. The summed E-state index contributed by atoms with van der Waals surface area (Å²) in [6.45, 7) is 0.865. The second-order valence-corrected chi connectivity index (χ2v) is 10.3. The van der Waals surface area contributed by atoms with Crippen LogP contribution in [0.1, 0.15) is 43.8 Å². The molecule has 41 heavy (non-hydrogen) atoms. The fourth-order valence-electron chi connectivity index (χ4n) is 5.53. The molecule has 1 heterocycles. The molecule has 5 aromatic rings. The van der Waals surface area contributed by atoms with Gasteiger partial charge in [-0.05, 0) is 77.0 Å². The smallest absolute Gasteiger partial charge is 0.261 e. The Bertz CT molecular complexity index is 1650. The highest BCUT2D eigenvalue weighted by atomic mass is 16.3. The summed E-state index contributed by atoms with van der Waals surface area (Å²) in [4.78, 5) is 27.6. The number of amides is 2. The van der Waals surface area contributed by atoms with Gasteiger partial charge in [0, 0.05) is 46.7 Å². The van der Waals surface area contributed by atoms with Gasteiger partial charge < -0.3 is 21.9 Å². The lowest BCUT2D eigenvalue weighted by atomic mass is 9.80. The lowest BCUT2D eigenvalue weighted by Gasteiger charge is -2.30. The van der Waals surface area contributed by atoms with Crippen molar-refractivity contribution in [1.29, 1.82) is 0 Å². The van der Waals surface area contributed by atoms with Crippen molar-refractivity contribution in [1.82, 2.24) is 4.90 Å². The van der Waals surface area contributed by atoms with Crippen LogP contribution in [0, 0.1) is 0 Å². The number of imide groups is 1. The van der Waals surface area contributed by atoms with Gasteiger partial charge in [-0.1, -0.05) is 60.7 Å². The third-order valence-corrected chi connectivity index (χ3v) is 7.70. The number of hydrogen-bond acceptors (Lipinski definition) is 6. The summed E-state index contributed by atoms with van der Waals surface area (Å²) in [5, 5.41) is 17.0. The first-order chi connectivity index (χ1) is 19.9. The molecule has 0 saturated heterocycles. The molecule has 7 heteroatoms. The van der Waals surface area contributed by atoms with Gasteiger partial charge in [-0.15, -0.1) is 0 Å². The van der Waals surface area contributed by atoms with Crippen LogP contribution in [0.3, 0.4) is 0 Å². The SMILES string of the molecule is Nc1ccc(C(O)(c2ccc(N)cc2)c2ccc(NCCCN3C(=O)c4cccc5cccc(c45)C3=O)cc2)cc1. The van der Waals surface area contributed by atoms with Gasteiger partial charge in [0.05, 0.1) is 0 Å². The van der Waals surface area contributed by atoms with Gasteiger partial charge in [0.25, 0.3) is 11.8 Å². The van der Waals surface area contributed by atoms with Crippen molar-refractivity contribution >= 4 is 39.6 Å². The molecule has 0 aromatic heterocycles. The summed E-state index contributed by atoms with van der Waals surface area (Å²) in [6.07, 6.45) is 0.582. The van der Waals surface area contributed by atoms with Crippen LogP contribution < -0.4 is 16.8 Å². The molecular formula is C34H30N4O3. The van der Waals surface area contributed by atoms with Crippen molar-refractivity contribution in [3.05, 3.63) is 137 Å². The van der Waals surface area contributed by atoms with Crippen LogP contribution in [0.5, 0.6) is 0 Å².